The highest BCUT2D eigenvalue weighted by Crippen LogP contribution is 2.31. The molecule has 0 unspecified atom stereocenters. The van der Waals surface area contributed by atoms with Crippen molar-refractivity contribution in [2.75, 3.05) is 18.6 Å². The van der Waals surface area contributed by atoms with Crippen LogP contribution in [0.25, 0.3) is 11.3 Å². The van der Waals surface area contributed by atoms with E-state index in [4.69, 9.17) is 20.9 Å². The number of benzene rings is 2. The van der Waals surface area contributed by atoms with Gasteiger partial charge in [0, 0.05) is 11.1 Å². The number of para-hydroxylation sites is 1. The van der Waals surface area contributed by atoms with Crippen molar-refractivity contribution < 1.29 is 9.47 Å². The van der Waals surface area contributed by atoms with E-state index in [0.29, 0.717) is 22.8 Å². The smallest absolute Gasteiger partial charge is 0.222 e. The molecule has 3 aromatic rings. The standard InChI is InChI=1S/C19H16BrN5O2/c1-26-15-7-6-11(17-13(9-21)18(22)25-19(23)24-17)8-12(15)10-27-16-5-3-2-4-14(16)20/h2-8H,10H2,1H3,(H4,22,23,24,25). The van der Waals surface area contributed by atoms with Gasteiger partial charge in [-0.25, -0.2) is 4.98 Å². The number of methoxy groups -OCH3 is 1. The van der Waals surface area contributed by atoms with Crippen molar-refractivity contribution in [3.05, 3.63) is 58.1 Å². The zero-order chi connectivity index (χ0) is 19.4. The van der Waals surface area contributed by atoms with E-state index >= 15 is 0 Å². The number of anilines is 2. The van der Waals surface area contributed by atoms with Crippen molar-refractivity contribution >= 4 is 27.7 Å². The second-order valence-electron chi connectivity index (χ2n) is 5.55. The number of hydrogen-bond donors (Lipinski definition) is 2. The maximum Gasteiger partial charge on any atom is 0.222 e. The fourth-order valence-electron chi connectivity index (χ4n) is 2.57. The molecular formula is C19H16BrN5O2. The van der Waals surface area contributed by atoms with E-state index in [1.807, 2.05) is 36.4 Å². The molecule has 8 heteroatoms. The van der Waals surface area contributed by atoms with Crippen LogP contribution in [0.4, 0.5) is 11.8 Å². The molecule has 0 aliphatic heterocycles. The van der Waals surface area contributed by atoms with Gasteiger partial charge in [0.2, 0.25) is 5.95 Å². The number of nitrogens with zero attached hydrogens (tertiary/aromatic N) is 3. The number of nitrogen functional groups attached to an aromatic ring is 2. The van der Waals surface area contributed by atoms with E-state index < -0.39 is 0 Å². The molecule has 1 heterocycles. The minimum absolute atomic E-state index is 0.00309. The second-order valence-corrected chi connectivity index (χ2v) is 6.40. The Kier molecular flexibility index (Phi) is 5.43. The molecule has 27 heavy (non-hydrogen) atoms. The Hall–Kier alpha value is -3.31. The van der Waals surface area contributed by atoms with E-state index in [9.17, 15) is 5.26 Å². The summed E-state index contributed by atoms with van der Waals surface area (Å²) in [6, 6.07) is 15.0. The molecule has 0 radical (unpaired) electrons. The summed E-state index contributed by atoms with van der Waals surface area (Å²) >= 11 is 3.45. The van der Waals surface area contributed by atoms with Crippen molar-refractivity contribution in [2.45, 2.75) is 6.61 Å². The molecule has 0 aliphatic carbocycles. The quantitative estimate of drug-likeness (QED) is 0.640. The molecule has 0 atom stereocenters. The van der Waals surface area contributed by atoms with Crippen molar-refractivity contribution in [2.24, 2.45) is 0 Å². The lowest BCUT2D eigenvalue weighted by Gasteiger charge is -2.14. The fourth-order valence-corrected chi connectivity index (χ4v) is 2.97. The van der Waals surface area contributed by atoms with Gasteiger partial charge in [0.05, 0.1) is 17.3 Å². The number of ether oxygens (including phenoxy) is 2. The molecule has 3 rings (SSSR count). The second kappa shape index (κ2) is 7.93. The van der Waals surface area contributed by atoms with Crippen molar-refractivity contribution in [1.29, 1.82) is 5.26 Å². The van der Waals surface area contributed by atoms with Crippen molar-refractivity contribution in [3.8, 4) is 28.8 Å². The van der Waals surface area contributed by atoms with Crippen LogP contribution in [0.5, 0.6) is 11.5 Å². The van der Waals surface area contributed by atoms with E-state index in [1.54, 1.807) is 19.2 Å². The van der Waals surface area contributed by atoms with Crippen LogP contribution in [0.3, 0.4) is 0 Å². The molecule has 2 aromatic carbocycles. The largest absolute Gasteiger partial charge is 0.496 e. The van der Waals surface area contributed by atoms with Gasteiger partial charge in [0.1, 0.15) is 35.6 Å². The van der Waals surface area contributed by atoms with E-state index in [2.05, 4.69) is 25.9 Å². The van der Waals surface area contributed by atoms with E-state index in [1.165, 1.54) is 0 Å². The van der Waals surface area contributed by atoms with Crippen LogP contribution in [0.15, 0.2) is 46.9 Å². The summed E-state index contributed by atoms with van der Waals surface area (Å²) in [5.41, 5.74) is 13.5. The Morgan fingerprint density at radius 1 is 1.11 bits per heavy atom. The van der Waals surface area contributed by atoms with Crippen LogP contribution < -0.4 is 20.9 Å². The lowest BCUT2D eigenvalue weighted by atomic mass is 10.0. The van der Waals surface area contributed by atoms with Crippen LogP contribution in [-0.2, 0) is 6.61 Å². The van der Waals surface area contributed by atoms with Gasteiger partial charge < -0.3 is 20.9 Å². The number of aromatic nitrogens is 2. The molecule has 0 fully saturated rings. The number of hydrogen-bond acceptors (Lipinski definition) is 7. The zero-order valence-electron chi connectivity index (χ0n) is 14.4. The molecular weight excluding hydrogens is 410 g/mol. The summed E-state index contributed by atoms with van der Waals surface area (Å²) in [5.74, 6) is 1.41. The van der Waals surface area contributed by atoms with Gasteiger partial charge >= 0.3 is 0 Å². The van der Waals surface area contributed by atoms with Gasteiger partial charge in [-0.3, -0.25) is 0 Å². The van der Waals surface area contributed by atoms with Gasteiger partial charge in [0.15, 0.2) is 0 Å². The van der Waals surface area contributed by atoms with Crippen LogP contribution in [-0.4, -0.2) is 17.1 Å². The lowest BCUT2D eigenvalue weighted by molar-refractivity contribution is 0.295. The fraction of sp³-hybridized carbons (Fsp3) is 0.105. The number of halogens is 1. The van der Waals surface area contributed by atoms with Crippen LogP contribution in [0.1, 0.15) is 11.1 Å². The minimum atomic E-state index is 0.00309. The predicted molar refractivity (Wildman–Crippen MR) is 106 cm³/mol. The predicted octanol–water partition coefficient (Wildman–Crippen LogP) is 3.53. The lowest BCUT2D eigenvalue weighted by Crippen LogP contribution is -2.05. The van der Waals surface area contributed by atoms with Gasteiger partial charge in [-0.1, -0.05) is 12.1 Å². The first-order valence-corrected chi connectivity index (χ1v) is 8.70. The molecule has 1 aromatic heterocycles. The SMILES string of the molecule is COc1ccc(-c2nc(N)nc(N)c2C#N)cc1COc1ccccc1Br. The summed E-state index contributed by atoms with van der Waals surface area (Å²) in [7, 11) is 1.58. The third-order valence-corrected chi connectivity index (χ3v) is 4.49. The van der Waals surface area contributed by atoms with E-state index in [-0.39, 0.29) is 23.9 Å². The summed E-state index contributed by atoms with van der Waals surface area (Å²) in [5, 5.41) is 9.40. The molecule has 0 saturated heterocycles. The van der Waals surface area contributed by atoms with Gasteiger partial charge in [0.25, 0.3) is 0 Å². The summed E-state index contributed by atoms with van der Waals surface area (Å²) in [6.07, 6.45) is 0. The maximum absolute atomic E-state index is 9.40. The van der Waals surface area contributed by atoms with Crippen LogP contribution in [0.2, 0.25) is 0 Å². The summed E-state index contributed by atoms with van der Waals surface area (Å²) in [4.78, 5) is 8.02. The topological polar surface area (TPSA) is 120 Å². The zero-order valence-corrected chi connectivity index (χ0v) is 16.0. The Morgan fingerprint density at radius 3 is 2.59 bits per heavy atom. The third kappa shape index (κ3) is 3.93. The van der Waals surface area contributed by atoms with Crippen LogP contribution in [0, 0.1) is 11.3 Å². The van der Waals surface area contributed by atoms with Crippen LogP contribution >= 0.6 is 15.9 Å². The molecule has 4 N–H and O–H groups in total. The number of rotatable bonds is 5. The van der Waals surface area contributed by atoms with Crippen molar-refractivity contribution in [1.82, 2.24) is 9.97 Å². The first-order chi connectivity index (χ1) is 13.0. The molecule has 136 valence electrons. The Balaban J connectivity index is 2.00. The average Bonchev–Trinajstić information content (AvgIpc) is 2.66. The highest BCUT2D eigenvalue weighted by atomic mass is 79.9. The third-order valence-electron chi connectivity index (χ3n) is 3.84. The van der Waals surface area contributed by atoms with Gasteiger partial charge in [-0.15, -0.1) is 0 Å². The monoisotopic (exact) mass is 425 g/mol. The first kappa shape index (κ1) is 18.5. The Bertz CT molecular complexity index is 1030. The molecule has 0 bridgehead atoms. The first-order valence-electron chi connectivity index (χ1n) is 7.91. The molecule has 0 amide bonds. The van der Waals surface area contributed by atoms with Gasteiger partial charge in [-0.2, -0.15) is 10.2 Å². The molecule has 0 spiro atoms. The molecule has 0 aliphatic rings. The normalized spacial score (nSPS) is 10.3. The van der Waals surface area contributed by atoms with Crippen molar-refractivity contribution in [3.63, 3.8) is 0 Å². The van der Waals surface area contributed by atoms with Gasteiger partial charge in [-0.05, 0) is 46.3 Å². The Morgan fingerprint density at radius 2 is 1.89 bits per heavy atom. The Labute approximate surface area is 164 Å². The van der Waals surface area contributed by atoms with E-state index in [0.717, 1.165) is 10.0 Å². The number of nitriles is 1. The summed E-state index contributed by atoms with van der Waals surface area (Å²) < 4.78 is 12.2. The molecule has 0 saturated carbocycles. The highest BCUT2D eigenvalue weighted by Gasteiger charge is 2.15. The number of nitrogens with two attached hydrogens (primary N) is 2. The average molecular weight is 426 g/mol. The minimum Gasteiger partial charge on any atom is -0.496 e. The maximum atomic E-state index is 9.40. The summed E-state index contributed by atoms with van der Waals surface area (Å²) in [6.45, 7) is 0.261. The molecule has 7 nitrogen and oxygen atoms in total. The highest BCUT2D eigenvalue weighted by molar-refractivity contribution is 9.10.